The molecule has 0 aromatic rings. The third-order valence-electron chi connectivity index (χ3n) is 2.46. The monoisotopic (exact) mass is 164 g/mol. The molecule has 1 fully saturated rings. The van der Waals surface area contributed by atoms with Gasteiger partial charge in [0.15, 0.2) is 0 Å². The van der Waals surface area contributed by atoms with Gasteiger partial charge in [-0.3, -0.25) is 0 Å². The molecule has 0 radical (unpaired) electrons. The first kappa shape index (κ1) is 9.57. The Hall–Kier alpha value is -0.520. The van der Waals surface area contributed by atoms with Crippen molar-refractivity contribution in [1.82, 2.24) is 0 Å². The van der Waals surface area contributed by atoms with E-state index in [1.54, 1.807) is 11.1 Å². The van der Waals surface area contributed by atoms with Gasteiger partial charge in [-0.25, -0.2) is 0 Å². The minimum atomic E-state index is 1.19. The van der Waals surface area contributed by atoms with Crippen LogP contribution in [0.5, 0.6) is 0 Å². The highest BCUT2D eigenvalue weighted by Crippen LogP contribution is 2.29. The Morgan fingerprint density at radius 1 is 0.917 bits per heavy atom. The first-order valence-electron chi connectivity index (χ1n) is 5.27. The van der Waals surface area contributed by atoms with E-state index >= 15 is 0 Å². The van der Waals surface area contributed by atoms with E-state index in [4.69, 9.17) is 0 Å². The van der Waals surface area contributed by atoms with E-state index in [0.29, 0.717) is 0 Å². The zero-order valence-corrected chi connectivity index (χ0v) is 8.40. The number of hydrogen-bond acceptors (Lipinski definition) is 0. The van der Waals surface area contributed by atoms with Crippen LogP contribution in [0.25, 0.3) is 0 Å². The van der Waals surface area contributed by atoms with Crippen molar-refractivity contribution in [2.24, 2.45) is 0 Å². The smallest absolute Gasteiger partial charge is 0.0279 e. The Kier molecular flexibility index (Phi) is 4.13. The van der Waals surface area contributed by atoms with Crippen LogP contribution in [-0.4, -0.2) is 0 Å². The molecular formula is C12H20. The van der Waals surface area contributed by atoms with Crippen molar-refractivity contribution in [3.63, 3.8) is 0 Å². The second-order valence-electron chi connectivity index (χ2n) is 3.48. The topological polar surface area (TPSA) is 0 Å². The molecule has 0 heteroatoms. The summed E-state index contributed by atoms with van der Waals surface area (Å²) in [5.74, 6) is 0. The van der Waals surface area contributed by atoms with Crippen molar-refractivity contribution in [3.8, 4) is 0 Å². The minimum Gasteiger partial charge on any atom is -0.0813 e. The largest absolute Gasteiger partial charge is 0.0813 e. The predicted molar refractivity (Wildman–Crippen MR) is 55.2 cm³/mol. The fraction of sp³-hybridized carbons (Fsp3) is 0.667. The Bertz CT molecular complexity index is 162. The van der Waals surface area contributed by atoms with Crippen LogP contribution in [0.15, 0.2) is 23.3 Å². The summed E-state index contributed by atoms with van der Waals surface area (Å²) in [4.78, 5) is 0. The first-order valence-corrected chi connectivity index (χ1v) is 5.27. The Balaban J connectivity index is 2.67. The van der Waals surface area contributed by atoms with Gasteiger partial charge in [0.05, 0.1) is 0 Å². The molecule has 0 nitrogen and oxygen atoms in total. The van der Waals surface area contributed by atoms with Gasteiger partial charge < -0.3 is 0 Å². The standard InChI is InChI=1S/C12H20/c1-3-7-11-9-5-6-10-12(11)8-4-2/h7-8H,3-6,9-10H2,1-2H3/b11-7-,12-8+. The maximum Gasteiger partial charge on any atom is -0.0279 e. The molecule has 0 unspecified atom stereocenters. The number of hydrogen-bond donors (Lipinski definition) is 0. The lowest BCUT2D eigenvalue weighted by Gasteiger charge is -2.18. The van der Waals surface area contributed by atoms with Crippen LogP contribution < -0.4 is 0 Å². The van der Waals surface area contributed by atoms with E-state index < -0.39 is 0 Å². The van der Waals surface area contributed by atoms with E-state index in [-0.39, 0.29) is 0 Å². The molecule has 1 aliphatic rings. The van der Waals surface area contributed by atoms with E-state index in [2.05, 4.69) is 26.0 Å². The second kappa shape index (κ2) is 5.18. The lowest BCUT2D eigenvalue weighted by Crippen LogP contribution is -1.98. The molecular weight excluding hydrogens is 144 g/mol. The maximum absolute atomic E-state index is 2.40. The molecule has 0 atom stereocenters. The SMILES string of the molecule is CC/C=C1/CCCC/C1=C\CC. The summed E-state index contributed by atoms with van der Waals surface area (Å²) in [6.07, 6.45) is 12.6. The van der Waals surface area contributed by atoms with Crippen LogP contribution in [0, 0.1) is 0 Å². The Morgan fingerprint density at radius 2 is 1.33 bits per heavy atom. The molecule has 0 saturated heterocycles. The minimum absolute atomic E-state index is 1.19. The van der Waals surface area contributed by atoms with Gasteiger partial charge in [0.1, 0.15) is 0 Å². The zero-order valence-electron chi connectivity index (χ0n) is 8.40. The van der Waals surface area contributed by atoms with Crippen molar-refractivity contribution in [2.45, 2.75) is 52.4 Å². The molecule has 0 heterocycles. The fourth-order valence-electron chi connectivity index (χ4n) is 1.91. The molecule has 0 bridgehead atoms. The molecule has 0 aliphatic heterocycles. The van der Waals surface area contributed by atoms with Gasteiger partial charge in [0, 0.05) is 0 Å². The van der Waals surface area contributed by atoms with Gasteiger partial charge in [-0.2, -0.15) is 0 Å². The Labute approximate surface area is 76.4 Å². The molecule has 0 amide bonds. The van der Waals surface area contributed by atoms with E-state index in [9.17, 15) is 0 Å². The highest BCUT2D eigenvalue weighted by atomic mass is 14.1. The molecule has 68 valence electrons. The maximum atomic E-state index is 2.40. The first-order chi connectivity index (χ1) is 5.88. The van der Waals surface area contributed by atoms with Crippen molar-refractivity contribution in [2.75, 3.05) is 0 Å². The summed E-state index contributed by atoms with van der Waals surface area (Å²) < 4.78 is 0. The van der Waals surface area contributed by atoms with Crippen molar-refractivity contribution in [3.05, 3.63) is 23.3 Å². The average Bonchev–Trinajstić information content (AvgIpc) is 2.09. The summed E-state index contributed by atoms with van der Waals surface area (Å²) in [5.41, 5.74) is 3.26. The predicted octanol–water partition coefficient (Wildman–Crippen LogP) is 4.23. The normalized spacial score (nSPS) is 25.2. The molecule has 0 spiro atoms. The molecule has 0 N–H and O–H groups in total. The van der Waals surface area contributed by atoms with Crippen LogP contribution in [0.2, 0.25) is 0 Å². The lowest BCUT2D eigenvalue weighted by molar-refractivity contribution is 0.674. The van der Waals surface area contributed by atoms with Gasteiger partial charge in [-0.15, -0.1) is 0 Å². The van der Waals surface area contributed by atoms with Crippen LogP contribution in [0.3, 0.4) is 0 Å². The van der Waals surface area contributed by atoms with E-state index in [1.165, 1.54) is 38.5 Å². The fourth-order valence-corrected chi connectivity index (χ4v) is 1.91. The van der Waals surface area contributed by atoms with E-state index in [0.717, 1.165) is 0 Å². The average molecular weight is 164 g/mol. The highest BCUT2D eigenvalue weighted by Gasteiger charge is 2.09. The summed E-state index contributed by atoms with van der Waals surface area (Å²) in [6.45, 7) is 4.45. The van der Waals surface area contributed by atoms with Crippen LogP contribution in [0.1, 0.15) is 52.4 Å². The number of rotatable bonds is 2. The molecule has 1 aliphatic carbocycles. The Morgan fingerprint density at radius 3 is 1.67 bits per heavy atom. The van der Waals surface area contributed by atoms with Crippen molar-refractivity contribution in [1.29, 1.82) is 0 Å². The van der Waals surface area contributed by atoms with Gasteiger partial charge >= 0.3 is 0 Å². The van der Waals surface area contributed by atoms with Gasteiger partial charge in [0.25, 0.3) is 0 Å². The third-order valence-corrected chi connectivity index (χ3v) is 2.46. The highest BCUT2D eigenvalue weighted by molar-refractivity contribution is 5.32. The molecule has 12 heavy (non-hydrogen) atoms. The summed E-state index contributed by atoms with van der Waals surface area (Å²) in [7, 11) is 0. The molecule has 1 saturated carbocycles. The van der Waals surface area contributed by atoms with E-state index in [1.807, 2.05) is 0 Å². The van der Waals surface area contributed by atoms with Crippen molar-refractivity contribution < 1.29 is 0 Å². The molecule has 1 rings (SSSR count). The zero-order chi connectivity index (χ0) is 8.81. The van der Waals surface area contributed by atoms with Gasteiger partial charge in [-0.1, -0.05) is 26.0 Å². The summed E-state index contributed by atoms with van der Waals surface area (Å²) in [6, 6.07) is 0. The lowest BCUT2D eigenvalue weighted by atomic mass is 9.88. The van der Waals surface area contributed by atoms with Crippen LogP contribution in [0.4, 0.5) is 0 Å². The third kappa shape index (κ3) is 2.51. The van der Waals surface area contributed by atoms with Crippen molar-refractivity contribution >= 4 is 0 Å². The molecule has 0 aromatic carbocycles. The number of allylic oxidation sites excluding steroid dienone is 4. The quantitative estimate of drug-likeness (QED) is 0.573. The van der Waals surface area contributed by atoms with Gasteiger partial charge in [-0.05, 0) is 49.7 Å². The van der Waals surface area contributed by atoms with Crippen LogP contribution in [-0.2, 0) is 0 Å². The summed E-state index contributed by atoms with van der Waals surface area (Å²) >= 11 is 0. The second-order valence-corrected chi connectivity index (χ2v) is 3.48. The molecule has 0 aromatic heterocycles. The summed E-state index contributed by atoms with van der Waals surface area (Å²) in [5, 5.41) is 0. The van der Waals surface area contributed by atoms with Gasteiger partial charge in [0.2, 0.25) is 0 Å². The van der Waals surface area contributed by atoms with Crippen LogP contribution >= 0.6 is 0 Å².